The number of aromatic nitrogens is 4. The largest absolute Gasteiger partial charge is 0.475 e. The molecular formula is C16H17ClN5O4P. The van der Waals surface area contributed by atoms with Gasteiger partial charge in [-0.1, -0.05) is 23.7 Å². The second-order valence-corrected chi connectivity index (χ2v) is 7.98. The number of nitrogens with two attached hydrogens (primary N) is 1. The number of nitrogen functional groups attached to an aromatic ring is 1. The number of halogens is 1. The Morgan fingerprint density at radius 1 is 1.37 bits per heavy atom. The molecule has 27 heavy (non-hydrogen) atoms. The van der Waals surface area contributed by atoms with Crippen LogP contribution in [0.15, 0.2) is 36.9 Å². The molecule has 3 aromatic rings. The van der Waals surface area contributed by atoms with Gasteiger partial charge in [0.25, 0.3) is 0 Å². The van der Waals surface area contributed by atoms with Crippen LogP contribution in [0.2, 0.25) is 5.02 Å². The minimum Gasteiger partial charge on any atom is -0.382 e. The zero-order valence-corrected chi connectivity index (χ0v) is 15.8. The summed E-state index contributed by atoms with van der Waals surface area (Å²) in [4.78, 5) is 12.2. The summed E-state index contributed by atoms with van der Waals surface area (Å²) in [6, 6.07) is 7.24. The first-order chi connectivity index (χ1) is 13.0. The van der Waals surface area contributed by atoms with Crippen molar-refractivity contribution in [3.63, 3.8) is 0 Å². The number of nitrogens with zero attached hydrogens (tertiary/aromatic N) is 4. The van der Waals surface area contributed by atoms with Gasteiger partial charge >= 0.3 is 7.82 Å². The number of phosphoric acid groups is 1. The molecule has 1 fully saturated rings. The molecule has 11 heteroatoms. The maximum absolute atomic E-state index is 12.8. The Hall–Kier alpha value is -2.03. The summed E-state index contributed by atoms with van der Waals surface area (Å²) < 4.78 is 30.9. The molecule has 1 unspecified atom stereocenters. The van der Waals surface area contributed by atoms with Gasteiger partial charge in [-0.3, -0.25) is 13.6 Å². The van der Waals surface area contributed by atoms with E-state index in [0.29, 0.717) is 35.0 Å². The van der Waals surface area contributed by atoms with Crippen molar-refractivity contribution in [3.8, 4) is 0 Å². The number of hydrogen-bond acceptors (Lipinski definition) is 8. The van der Waals surface area contributed by atoms with E-state index in [1.165, 1.54) is 6.33 Å². The van der Waals surface area contributed by atoms with Gasteiger partial charge in [0.2, 0.25) is 0 Å². The third-order valence-electron chi connectivity index (χ3n) is 4.12. The number of anilines is 1. The fourth-order valence-corrected chi connectivity index (χ4v) is 4.39. The summed E-state index contributed by atoms with van der Waals surface area (Å²) in [5.74, 6) is 0.302. The summed E-state index contributed by atoms with van der Waals surface area (Å²) in [5, 5.41) is 0.589. The lowest BCUT2D eigenvalue weighted by Crippen LogP contribution is -2.16. The van der Waals surface area contributed by atoms with Crippen molar-refractivity contribution in [2.75, 3.05) is 18.9 Å². The van der Waals surface area contributed by atoms with Crippen LogP contribution in [-0.4, -0.2) is 32.7 Å². The number of phosphoric ester groups is 1. The lowest BCUT2D eigenvalue weighted by atomic mass is 10.1. The van der Waals surface area contributed by atoms with Crippen LogP contribution in [0, 0.1) is 0 Å². The minimum absolute atomic E-state index is 0.0922. The van der Waals surface area contributed by atoms with Crippen molar-refractivity contribution in [3.05, 3.63) is 47.5 Å². The average Bonchev–Trinajstić information content (AvgIpc) is 3.06. The maximum atomic E-state index is 12.8. The van der Waals surface area contributed by atoms with Gasteiger partial charge in [-0.15, -0.1) is 0 Å². The maximum Gasteiger partial charge on any atom is 0.475 e. The third-order valence-corrected chi connectivity index (χ3v) is 5.86. The van der Waals surface area contributed by atoms with E-state index < -0.39 is 13.9 Å². The van der Waals surface area contributed by atoms with Crippen LogP contribution in [0.25, 0.3) is 11.2 Å². The van der Waals surface area contributed by atoms with Crippen molar-refractivity contribution in [2.45, 2.75) is 19.1 Å². The highest BCUT2D eigenvalue weighted by Crippen LogP contribution is 2.56. The number of imidazole rings is 1. The summed E-state index contributed by atoms with van der Waals surface area (Å²) in [7, 11) is -3.67. The van der Waals surface area contributed by atoms with Gasteiger partial charge < -0.3 is 10.3 Å². The standard InChI is InChI=1S/C16H17ClN5O4P/c17-12-3-1-2-11(8-12)13-4-6-24-27(23,26-13)25-7-5-22-10-21-14-15(18)19-9-20-16(14)22/h1-3,8-10,13H,4-7H2,(H2,18,19,20)/t13-,27?/m0/s1. The average molecular weight is 410 g/mol. The number of benzene rings is 1. The first-order valence-corrected chi connectivity index (χ1v) is 10.1. The molecule has 0 spiro atoms. The Bertz CT molecular complexity index is 1010. The van der Waals surface area contributed by atoms with Crippen LogP contribution < -0.4 is 5.73 Å². The van der Waals surface area contributed by atoms with Crippen molar-refractivity contribution in [2.24, 2.45) is 0 Å². The van der Waals surface area contributed by atoms with E-state index in [9.17, 15) is 4.57 Å². The van der Waals surface area contributed by atoms with Gasteiger partial charge in [-0.2, -0.15) is 0 Å². The summed E-state index contributed by atoms with van der Waals surface area (Å²) in [6.45, 7) is 0.715. The zero-order chi connectivity index (χ0) is 18.9. The van der Waals surface area contributed by atoms with Crippen LogP contribution >= 0.6 is 19.4 Å². The topological polar surface area (TPSA) is 114 Å². The molecule has 0 bridgehead atoms. The molecule has 142 valence electrons. The quantitative estimate of drug-likeness (QED) is 0.638. The van der Waals surface area contributed by atoms with Gasteiger partial charge in [-0.05, 0) is 17.7 Å². The Morgan fingerprint density at radius 2 is 2.26 bits per heavy atom. The molecule has 0 saturated carbocycles. The van der Waals surface area contributed by atoms with Crippen molar-refractivity contribution in [1.29, 1.82) is 0 Å². The summed E-state index contributed by atoms with van der Waals surface area (Å²) in [6.07, 6.45) is 3.11. The van der Waals surface area contributed by atoms with E-state index in [-0.39, 0.29) is 13.2 Å². The Labute approximate surface area is 160 Å². The molecule has 9 nitrogen and oxygen atoms in total. The number of hydrogen-bond donors (Lipinski definition) is 1. The molecule has 1 aromatic carbocycles. The van der Waals surface area contributed by atoms with Gasteiger partial charge in [-0.25, -0.2) is 19.5 Å². The molecule has 2 atom stereocenters. The van der Waals surface area contributed by atoms with Crippen LogP contribution in [0.1, 0.15) is 18.1 Å². The third kappa shape index (κ3) is 3.97. The van der Waals surface area contributed by atoms with E-state index in [0.717, 1.165) is 5.56 Å². The molecule has 0 radical (unpaired) electrons. The molecule has 1 saturated heterocycles. The molecule has 3 heterocycles. The number of fused-ring (bicyclic) bond motifs is 1. The molecule has 0 aliphatic carbocycles. The first-order valence-electron chi connectivity index (χ1n) is 8.28. The Kier molecular flexibility index (Phi) is 5.12. The molecular weight excluding hydrogens is 393 g/mol. The van der Waals surface area contributed by atoms with Gasteiger partial charge in [0.1, 0.15) is 11.8 Å². The SMILES string of the molecule is Nc1ncnc2c1ncn2CCOP1(=O)OCC[C@@H](c2cccc(Cl)c2)O1. The molecule has 2 N–H and O–H groups in total. The molecule has 2 aromatic heterocycles. The number of rotatable bonds is 5. The van der Waals surface area contributed by atoms with E-state index in [2.05, 4.69) is 15.0 Å². The van der Waals surface area contributed by atoms with Gasteiger partial charge in [0.05, 0.1) is 25.6 Å². The summed E-state index contributed by atoms with van der Waals surface area (Å²) >= 11 is 6.02. The Morgan fingerprint density at radius 3 is 3.11 bits per heavy atom. The fraction of sp³-hybridized carbons (Fsp3) is 0.312. The lowest BCUT2D eigenvalue weighted by Gasteiger charge is -2.29. The van der Waals surface area contributed by atoms with E-state index in [4.69, 9.17) is 30.9 Å². The smallest absolute Gasteiger partial charge is 0.382 e. The monoisotopic (exact) mass is 409 g/mol. The second-order valence-electron chi connectivity index (χ2n) is 5.92. The van der Waals surface area contributed by atoms with Gasteiger partial charge in [0.15, 0.2) is 11.5 Å². The summed E-state index contributed by atoms with van der Waals surface area (Å²) in [5.41, 5.74) is 7.69. The lowest BCUT2D eigenvalue weighted by molar-refractivity contribution is 0.0274. The van der Waals surface area contributed by atoms with E-state index in [1.54, 1.807) is 23.0 Å². The highest BCUT2D eigenvalue weighted by atomic mass is 35.5. The Balaban J connectivity index is 1.41. The van der Waals surface area contributed by atoms with Crippen molar-refractivity contribution < 1.29 is 18.1 Å². The van der Waals surface area contributed by atoms with Crippen LogP contribution in [0.5, 0.6) is 0 Å². The van der Waals surface area contributed by atoms with Crippen LogP contribution in [-0.2, 0) is 24.7 Å². The molecule has 1 aliphatic rings. The molecule has 4 rings (SSSR count). The van der Waals surface area contributed by atoms with Crippen molar-refractivity contribution >= 4 is 36.4 Å². The molecule has 0 amide bonds. The van der Waals surface area contributed by atoms with E-state index in [1.807, 2.05) is 12.1 Å². The van der Waals surface area contributed by atoms with Gasteiger partial charge in [0, 0.05) is 18.0 Å². The fourth-order valence-electron chi connectivity index (χ4n) is 2.83. The molecule has 1 aliphatic heterocycles. The van der Waals surface area contributed by atoms with Crippen molar-refractivity contribution in [1.82, 2.24) is 19.5 Å². The predicted octanol–water partition coefficient (Wildman–Crippen LogP) is 3.36. The highest BCUT2D eigenvalue weighted by molar-refractivity contribution is 7.48. The predicted molar refractivity (Wildman–Crippen MR) is 99.1 cm³/mol. The second kappa shape index (κ2) is 7.53. The minimum atomic E-state index is -3.67. The van der Waals surface area contributed by atoms with Crippen LogP contribution in [0.3, 0.4) is 0 Å². The highest BCUT2D eigenvalue weighted by Gasteiger charge is 2.36. The first kappa shape index (κ1) is 18.3. The normalized spacial score (nSPS) is 22.9. The van der Waals surface area contributed by atoms with Crippen LogP contribution in [0.4, 0.5) is 5.82 Å². The zero-order valence-electron chi connectivity index (χ0n) is 14.2. The van der Waals surface area contributed by atoms with E-state index >= 15 is 0 Å².